The zero-order chi connectivity index (χ0) is 15.2. The summed E-state index contributed by atoms with van der Waals surface area (Å²) in [5.41, 5.74) is 1.46. The van der Waals surface area contributed by atoms with Crippen LogP contribution in [0.15, 0.2) is 22.7 Å². The smallest absolute Gasteiger partial charge is 0.137 e. The van der Waals surface area contributed by atoms with Gasteiger partial charge in [0.2, 0.25) is 0 Å². The molecule has 0 radical (unpaired) electrons. The summed E-state index contributed by atoms with van der Waals surface area (Å²) in [6, 6.07) is 5.37. The summed E-state index contributed by atoms with van der Waals surface area (Å²) < 4.78 is 13.9. The maximum absolute atomic E-state index is 13.3. The van der Waals surface area contributed by atoms with Gasteiger partial charge in [-0.3, -0.25) is 0 Å². The van der Waals surface area contributed by atoms with Gasteiger partial charge in [0.1, 0.15) is 5.82 Å². The van der Waals surface area contributed by atoms with Gasteiger partial charge in [-0.15, -0.1) is 0 Å². The Morgan fingerprint density at radius 3 is 2.40 bits per heavy atom. The molecule has 0 aliphatic carbocycles. The molecule has 0 unspecified atom stereocenters. The largest absolute Gasteiger partial charge is 0.316 e. The van der Waals surface area contributed by atoms with Gasteiger partial charge in [-0.25, -0.2) is 4.39 Å². The van der Waals surface area contributed by atoms with Gasteiger partial charge in [-0.05, 0) is 70.8 Å². The van der Waals surface area contributed by atoms with Gasteiger partial charge in [0, 0.05) is 6.54 Å². The molecule has 1 nitrogen and oxygen atoms in total. The fourth-order valence-corrected chi connectivity index (χ4v) is 2.95. The first kappa shape index (κ1) is 17.6. The average molecular weight is 344 g/mol. The van der Waals surface area contributed by atoms with Crippen molar-refractivity contribution in [3.63, 3.8) is 0 Å². The van der Waals surface area contributed by atoms with Gasteiger partial charge >= 0.3 is 0 Å². The molecule has 0 spiro atoms. The Balaban J connectivity index is 2.76. The SMILES string of the molecule is CCC(CC)(CNCC(C)C)Cc1ccc(F)c(Br)c1. The van der Waals surface area contributed by atoms with Crippen LogP contribution in [0.25, 0.3) is 0 Å². The lowest BCUT2D eigenvalue weighted by molar-refractivity contribution is 0.243. The lowest BCUT2D eigenvalue weighted by Gasteiger charge is -2.33. The number of rotatable bonds is 8. The van der Waals surface area contributed by atoms with Crippen molar-refractivity contribution < 1.29 is 4.39 Å². The predicted octanol–water partition coefficient (Wildman–Crippen LogP) is 5.18. The molecule has 0 saturated carbocycles. The van der Waals surface area contributed by atoms with Gasteiger partial charge in [0.05, 0.1) is 4.47 Å². The van der Waals surface area contributed by atoms with Crippen LogP contribution in [0.2, 0.25) is 0 Å². The van der Waals surface area contributed by atoms with Crippen molar-refractivity contribution in [1.29, 1.82) is 0 Å². The molecule has 0 atom stereocenters. The van der Waals surface area contributed by atoms with Gasteiger partial charge in [-0.1, -0.05) is 33.8 Å². The molecular weight excluding hydrogens is 317 g/mol. The third kappa shape index (κ3) is 5.17. The van der Waals surface area contributed by atoms with Crippen LogP contribution in [0.3, 0.4) is 0 Å². The van der Waals surface area contributed by atoms with E-state index in [1.807, 2.05) is 12.1 Å². The fourth-order valence-electron chi connectivity index (χ4n) is 2.52. The third-order valence-corrected chi connectivity index (χ3v) is 4.72. The van der Waals surface area contributed by atoms with E-state index < -0.39 is 0 Å². The number of hydrogen-bond donors (Lipinski definition) is 1. The third-order valence-electron chi connectivity index (χ3n) is 4.12. The molecular formula is C17H27BrFN. The molecule has 0 amide bonds. The molecule has 0 saturated heterocycles. The Morgan fingerprint density at radius 1 is 1.25 bits per heavy atom. The minimum atomic E-state index is -0.190. The Labute approximate surface area is 131 Å². The van der Waals surface area contributed by atoms with Crippen LogP contribution < -0.4 is 5.32 Å². The van der Waals surface area contributed by atoms with E-state index in [1.54, 1.807) is 6.07 Å². The molecule has 3 heteroatoms. The fraction of sp³-hybridized carbons (Fsp3) is 0.647. The van der Waals surface area contributed by atoms with E-state index in [0.29, 0.717) is 10.4 Å². The molecule has 0 aromatic heterocycles. The predicted molar refractivity (Wildman–Crippen MR) is 88.5 cm³/mol. The maximum atomic E-state index is 13.3. The van der Waals surface area contributed by atoms with Crippen molar-refractivity contribution in [3.8, 4) is 0 Å². The van der Waals surface area contributed by atoms with Crippen molar-refractivity contribution in [2.45, 2.75) is 47.0 Å². The lowest BCUT2D eigenvalue weighted by atomic mass is 9.77. The molecule has 0 bridgehead atoms. The number of nitrogens with one attached hydrogen (secondary N) is 1. The second-order valence-corrected chi connectivity index (χ2v) is 7.01. The van der Waals surface area contributed by atoms with E-state index in [0.717, 1.165) is 32.4 Å². The Bertz CT molecular complexity index is 413. The molecule has 1 aromatic rings. The number of hydrogen-bond acceptors (Lipinski definition) is 1. The zero-order valence-electron chi connectivity index (χ0n) is 13.1. The second-order valence-electron chi connectivity index (χ2n) is 6.16. The van der Waals surface area contributed by atoms with Gasteiger partial charge in [0.25, 0.3) is 0 Å². The summed E-state index contributed by atoms with van der Waals surface area (Å²) in [4.78, 5) is 0. The normalized spacial score (nSPS) is 12.2. The molecule has 0 aliphatic heterocycles. The van der Waals surface area contributed by atoms with Crippen LogP contribution >= 0.6 is 15.9 Å². The lowest BCUT2D eigenvalue weighted by Crippen LogP contribution is -2.37. The Kier molecular flexibility index (Phi) is 7.18. The van der Waals surface area contributed by atoms with E-state index in [2.05, 4.69) is 48.9 Å². The van der Waals surface area contributed by atoms with E-state index in [-0.39, 0.29) is 11.2 Å². The summed E-state index contributed by atoms with van der Waals surface area (Å²) in [5, 5.41) is 3.59. The first-order valence-corrected chi connectivity index (χ1v) is 8.36. The molecule has 0 fully saturated rings. The Hall–Kier alpha value is -0.410. The average Bonchev–Trinajstić information content (AvgIpc) is 2.41. The molecule has 0 heterocycles. The molecule has 1 rings (SSSR count). The highest BCUT2D eigenvalue weighted by Crippen LogP contribution is 2.31. The highest BCUT2D eigenvalue weighted by molar-refractivity contribution is 9.10. The van der Waals surface area contributed by atoms with Crippen LogP contribution in [0.5, 0.6) is 0 Å². The van der Waals surface area contributed by atoms with Gasteiger partial charge < -0.3 is 5.32 Å². The van der Waals surface area contributed by atoms with E-state index in [1.165, 1.54) is 5.56 Å². The van der Waals surface area contributed by atoms with Crippen LogP contribution in [0, 0.1) is 17.2 Å². The molecule has 0 aliphatic rings. The Morgan fingerprint density at radius 2 is 1.90 bits per heavy atom. The summed E-state index contributed by atoms with van der Waals surface area (Å²) in [7, 11) is 0. The molecule has 1 N–H and O–H groups in total. The highest BCUT2D eigenvalue weighted by atomic mass is 79.9. The first-order chi connectivity index (χ1) is 9.42. The number of halogens is 2. The molecule has 114 valence electrons. The standard InChI is InChI=1S/C17H27BrFN/c1-5-17(6-2,12-20-11-13(3)4)10-14-7-8-16(19)15(18)9-14/h7-9,13,20H,5-6,10-12H2,1-4H3. The van der Waals surface area contributed by atoms with Crippen molar-refractivity contribution in [3.05, 3.63) is 34.1 Å². The van der Waals surface area contributed by atoms with Crippen LogP contribution in [0.1, 0.15) is 46.1 Å². The minimum absolute atomic E-state index is 0.190. The first-order valence-electron chi connectivity index (χ1n) is 7.57. The van der Waals surface area contributed by atoms with Crippen molar-refractivity contribution in [1.82, 2.24) is 5.32 Å². The van der Waals surface area contributed by atoms with E-state index in [9.17, 15) is 4.39 Å². The van der Waals surface area contributed by atoms with Crippen molar-refractivity contribution >= 4 is 15.9 Å². The van der Waals surface area contributed by atoms with E-state index in [4.69, 9.17) is 0 Å². The van der Waals surface area contributed by atoms with Gasteiger partial charge in [0.15, 0.2) is 0 Å². The topological polar surface area (TPSA) is 12.0 Å². The monoisotopic (exact) mass is 343 g/mol. The number of benzene rings is 1. The summed E-state index contributed by atoms with van der Waals surface area (Å²) in [5.74, 6) is 0.478. The van der Waals surface area contributed by atoms with Gasteiger partial charge in [-0.2, -0.15) is 0 Å². The highest BCUT2D eigenvalue weighted by Gasteiger charge is 2.26. The van der Waals surface area contributed by atoms with Crippen molar-refractivity contribution in [2.75, 3.05) is 13.1 Å². The zero-order valence-corrected chi connectivity index (χ0v) is 14.7. The summed E-state index contributed by atoms with van der Waals surface area (Å²) in [6.45, 7) is 11.0. The summed E-state index contributed by atoms with van der Waals surface area (Å²) in [6.07, 6.45) is 3.25. The van der Waals surface area contributed by atoms with E-state index >= 15 is 0 Å². The van der Waals surface area contributed by atoms with Crippen molar-refractivity contribution in [2.24, 2.45) is 11.3 Å². The van der Waals surface area contributed by atoms with Crippen LogP contribution in [-0.2, 0) is 6.42 Å². The molecule has 1 aromatic carbocycles. The second kappa shape index (κ2) is 8.14. The minimum Gasteiger partial charge on any atom is -0.316 e. The quantitative estimate of drug-likeness (QED) is 0.685. The van der Waals surface area contributed by atoms with Crippen LogP contribution in [0.4, 0.5) is 4.39 Å². The summed E-state index contributed by atoms with van der Waals surface area (Å²) >= 11 is 3.28. The maximum Gasteiger partial charge on any atom is 0.137 e. The van der Waals surface area contributed by atoms with Crippen LogP contribution in [-0.4, -0.2) is 13.1 Å². The molecule has 20 heavy (non-hydrogen) atoms.